The molecule has 7 heteroatoms. The summed E-state index contributed by atoms with van der Waals surface area (Å²) in [6.45, 7) is 1.04. The first kappa shape index (κ1) is 17.2. The molecule has 1 N–H and O–H groups in total. The summed E-state index contributed by atoms with van der Waals surface area (Å²) in [5.74, 6) is -3.82. The lowest BCUT2D eigenvalue weighted by Crippen LogP contribution is -2.54. The molecule has 132 valence electrons. The zero-order valence-electron chi connectivity index (χ0n) is 13.2. The van der Waals surface area contributed by atoms with E-state index in [-0.39, 0.29) is 29.9 Å². The Hall–Kier alpha value is -1.60. The van der Waals surface area contributed by atoms with Gasteiger partial charge in [-0.25, -0.2) is 13.2 Å². The predicted molar refractivity (Wildman–Crippen MR) is 79.7 cm³/mol. The van der Waals surface area contributed by atoms with E-state index in [4.69, 9.17) is 4.74 Å². The van der Waals surface area contributed by atoms with E-state index in [1.165, 1.54) is 0 Å². The Balaban J connectivity index is 1.76. The summed E-state index contributed by atoms with van der Waals surface area (Å²) >= 11 is 0. The summed E-state index contributed by atoms with van der Waals surface area (Å²) in [5, 5.41) is 10.1. The average molecular weight is 343 g/mol. The minimum Gasteiger partial charge on any atom is -0.393 e. The summed E-state index contributed by atoms with van der Waals surface area (Å²) in [6, 6.07) is 0.912. The molecule has 1 aromatic rings. The molecule has 0 aromatic heterocycles. The van der Waals surface area contributed by atoms with Crippen LogP contribution in [0.5, 0.6) is 0 Å². The van der Waals surface area contributed by atoms with Crippen molar-refractivity contribution in [2.24, 2.45) is 5.92 Å². The smallest absolute Gasteiger partial charge is 0.227 e. The van der Waals surface area contributed by atoms with Crippen LogP contribution in [-0.4, -0.2) is 47.8 Å². The van der Waals surface area contributed by atoms with E-state index >= 15 is 0 Å². The molecular weight excluding hydrogens is 323 g/mol. The summed E-state index contributed by atoms with van der Waals surface area (Å²) in [7, 11) is 0. The lowest BCUT2D eigenvalue weighted by Gasteiger charge is -2.40. The van der Waals surface area contributed by atoms with Gasteiger partial charge in [0.15, 0.2) is 11.6 Å². The molecule has 24 heavy (non-hydrogen) atoms. The second-order valence-corrected chi connectivity index (χ2v) is 6.43. The molecule has 3 atom stereocenters. The first-order chi connectivity index (χ1) is 11.5. The van der Waals surface area contributed by atoms with E-state index in [0.29, 0.717) is 32.2 Å². The number of aliphatic hydroxyl groups is 1. The van der Waals surface area contributed by atoms with Gasteiger partial charge in [0, 0.05) is 24.1 Å². The Morgan fingerprint density at radius 1 is 1.21 bits per heavy atom. The monoisotopic (exact) mass is 343 g/mol. The first-order valence-corrected chi connectivity index (χ1v) is 8.16. The van der Waals surface area contributed by atoms with E-state index in [0.717, 1.165) is 18.9 Å². The summed E-state index contributed by atoms with van der Waals surface area (Å²) in [4.78, 5) is 14.2. The number of hydrogen-bond donors (Lipinski definition) is 1. The normalized spacial score (nSPS) is 27.5. The number of halogens is 3. The molecule has 1 amide bonds. The molecule has 0 spiro atoms. The fourth-order valence-electron chi connectivity index (χ4n) is 3.67. The Bertz CT molecular complexity index is 625. The maximum absolute atomic E-state index is 13.8. The van der Waals surface area contributed by atoms with Gasteiger partial charge in [-0.05, 0) is 18.9 Å². The fourth-order valence-corrected chi connectivity index (χ4v) is 3.67. The largest absolute Gasteiger partial charge is 0.393 e. The molecule has 1 aliphatic carbocycles. The van der Waals surface area contributed by atoms with E-state index in [9.17, 15) is 23.1 Å². The number of nitrogens with zero attached hydrogens (tertiary/aromatic N) is 1. The quantitative estimate of drug-likeness (QED) is 0.855. The zero-order valence-corrected chi connectivity index (χ0v) is 13.2. The summed E-state index contributed by atoms with van der Waals surface area (Å²) in [5.41, 5.74) is -0.170. The molecule has 1 saturated heterocycles. The Morgan fingerprint density at radius 3 is 2.67 bits per heavy atom. The lowest BCUT2D eigenvalue weighted by atomic mass is 9.93. The molecule has 1 aromatic carbocycles. The van der Waals surface area contributed by atoms with Crippen molar-refractivity contribution < 1.29 is 27.8 Å². The average Bonchev–Trinajstić information content (AvgIpc) is 2.98. The lowest BCUT2D eigenvalue weighted by molar-refractivity contribution is -0.143. The van der Waals surface area contributed by atoms with Crippen LogP contribution in [0.25, 0.3) is 0 Å². The number of morpholine rings is 1. The standard InChI is InChI=1S/C17H20F3NO3/c18-12-8-14(20)13(19)6-10(12)7-17(23)21-4-5-24-9-15(21)11-2-1-3-16(11)22/h6,8,11,15-16,22H,1-5,7,9H2. The van der Waals surface area contributed by atoms with Gasteiger partial charge in [0.25, 0.3) is 0 Å². The number of carbonyl (C=O) groups is 1. The highest BCUT2D eigenvalue weighted by Crippen LogP contribution is 2.32. The second kappa shape index (κ2) is 7.11. The molecule has 0 radical (unpaired) electrons. The highest BCUT2D eigenvalue weighted by atomic mass is 19.2. The van der Waals surface area contributed by atoms with Crippen molar-refractivity contribution in [1.82, 2.24) is 4.90 Å². The molecule has 2 aliphatic rings. The predicted octanol–water partition coefficient (Wildman–Crippen LogP) is 2.03. The van der Waals surface area contributed by atoms with Crippen LogP contribution < -0.4 is 0 Å². The van der Waals surface area contributed by atoms with Gasteiger partial charge in [-0.3, -0.25) is 4.79 Å². The van der Waals surface area contributed by atoms with Crippen molar-refractivity contribution in [3.8, 4) is 0 Å². The van der Waals surface area contributed by atoms with E-state index in [1.807, 2.05) is 0 Å². The first-order valence-electron chi connectivity index (χ1n) is 8.16. The number of benzene rings is 1. The molecule has 0 bridgehead atoms. The molecular formula is C17H20F3NO3. The number of aliphatic hydroxyl groups excluding tert-OH is 1. The minimum atomic E-state index is -1.28. The van der Waals surface area contributed by atoms with Crippen molar-refractivity contribution in [1.29, 1.82) is 0 Å². The number of ether oxygens (including phenoxy) is 1. The van der Waals surface area contributed by atoms with E-state index in [2.05, 4.69) is 0 Å². The molecule has 1 heterocycles. The molecule has 1 saturated carbocycles. The van der Waals surface area contributed by atoms with Gasteiger partial charge in [0.05, 0.1) is 31.8 Å². The Labute approximate surface area is 138 Å². The van der Waals surface area contributed by atoms with Crippen molar-refractivity contribution in [3.63, 3.8) is 0 Å². The van der Waals surface area contributed by atoms with Crippen LogP contribution in [0.4, 0.5) is 13.2 Å². The summed E-state index contributed by atoms with van der Waals surface area (Å²) < 4.78 is 45.5. The molecule has 2 fully saturated rings. The van der Waals surface area contributed by atoms with Crippen LogP contribution >= 0.6 is 0 Å². The Kier molecular flexibility index (Phi) is 5.10. The SMILES string of the molecule is O=C(Cc1cc(F)c(F)cc1F)N1CCOCC1C1CCCC1O. The van der Waals surface area contributed by atoms with Crippen molar-refractivity contribution in [3.05, 3.63) is 35.1 Å². The molecule has 4 nitrogen and oxygen atoms in total. The van der Waals surface area contributed by atoms with Crippen LogP contribution in [-0.2, 0) is 16.0 Å². The van der Waals surface area contributed by atoms with Crippen LogP contribution in [0.2, 0.25) is 0 Å². The topological polar surface area (TPSA) is 49.8 Å². The van der Waals surface area contributed by atoms with Crippen molar-refractivity contribution >= 4 is 5.91 Å². The van der Waals surface area contributed by atoms with Gasteiger partial charge in [0.1, 0.15) is 5.82 Å². The van der Waals surface area contributed by atoms with Gasteiger partial charge in [-0.2, -0.15) is 0 Å². The van der Waals surface area contributed by atoms with Crippen LogP contribution in [0.1, 0.15) is 24.8 Å². The Morgan fingerprint density at radius 2 is 1.96 bits per heavy atom. The van der Waals surface area contributed by atoms with E-state index in [1.54, 1.807) is 4.90 Å². The van der Waals surface area contributed by atoms with Gasteiger partial charge in [-0.1, -0.05) is 6.42 Å². The van der Waals surface area contributed by atoms with Crippen molar-refractivity contribution in [2.75, 3.05) is 19.8 Å². The minimum absolute atomic E-state index is 0.0657. The summed E-state index contributed by atoms with van der Waals surface area (Å²) in [6.07, 6.45) is 1.57. The molecule has 1 aliphatic heterocycles. The molecule has 3 rings (SSSR count). The third-order valence-electron chi connectivity index (χ3n) is 4.94. The number of rotatable bonds is 3. The number of amides is 1. The second-order valence-electron chi connectivity index (χ2n) is 6.43. The number of carbonyl (C=O) groups excluding carboxylic acids is 1. The highest BCUT2D eigenvalue weighted by molar-refractivity contribution is 5.79. The van der Waals surface area contributed by atoms with Crippen LogP contribution in [0.3, 0.4) is 0 Å². The maximum Gasteiger partial charge on any atom is 0.227 e. The van der Waals surface area contributed by atoms with Crippen LogP contribution in [0, 0.1) is 23.4 Å². The van der Waals surface area contributed by atoms with Crippen LogP contribution in [0.15, 0.2) is 12.1 Å². The maximum atomic E-state index is 13.8. The third-order valence-corrected chi connectivity index (χ3v) is 4.94. The van der Waals surface area contributed by atoms with Gasteiger partial charge in [-0.15, -0.1) is 0 Å². The fraction of sp³-hybridized carbons (Fsp3) is 0.588. The zero-order chi connectivity index (χ0) is 17.3. The molecule has 3 unspecified atom stereocenters. The van der Waals surface area contributed by atoms with Crippen molar-refractivity contribution in [2.45, 2.75) is 37.8 Å². The third kappa shape index (κ3) is 3.42. The van der Waals surface area contributed by atoms with E-state index < -0.39 is 23.6 Å². The van der Waals surface area contributed by atoms with Gasteiger partial charge >= 0.3 is 0 Å². The van der Waals surface area contributed by atoms with Gasteiger partial charge < -0.3 is 14.7 Å². The highest BCUT2D eigenvalue weighted by Gasteiger charge is 2.39. The van der Waals surface area contributed by atoms with Gasteiger partial charge in [0.2, 0.25) is 5.91 Å². The number of hydrogen-bond acceptors (Lipinski definition) is 3.